The van der Waals surface area contributed by atoms with Crippen molar-refractivity contribution in [2.24, 2.45) is 0 Å². The molecular formula is C14H14ClN3O5. The Balaban J connectivity index is 2.09. The Labute approximate surface area is 136 Å². The molecule has 1 aromatic heterocycles. The molecule has 0 radical (unpaired) electrons. The van der Waals surface area contributed by atoms with Gasteiger partial charge >= 0.3 is 0 Å². The molecule has 0 bridgehead atoms. The molecule has 2 rings (SSSR count). The molecule has 1 heterocycles. The van der Waals surface area contributed by atoms with E-state index in [-0.39, 0.29) is 22.3 Å². The molecule has 0 saturated heterocycles. The SMILES string of the molecule is CCC(Oc1ccc([N+](=O)[O-])cc1Cl)C(=O)Nc1cc(C)on1. The second-order valence-corrected chi connectivity index (χ2v) is 5.11. The first-order valence-corrected chi connectivity index (χ1v) is 7.13. The van der Waals surface area contributed by atoms with Gasteiger partial charge in [-0.3, -0.25) is 14.9 Å². The Hall–Kier alpha value is -2.61. The van der Waals surface area contributed by atoms with E-state index in [1.165, 1.54) is 18.2 Å². The van der Waals surface area contributed by atoms with Crippen LogP contribution >= 0.6 is 11.6 Å². The smallest absolute Gasteiger partial charge is 0.271 e. The van der Waals surface area contributed by atoms with Gasteiger partial charge in [-0.2, -0.15) is 0 Å². The molecule has 8 nitrogen and oxygen atoms in total. The number of carbonyl (C=O) groups excluding carboxylic acids is 1. The lowest BCUT2D eigenvalue weighted by atomic mass is 10.2. The van der Waals surface area contributed by atoms with Gasteiger partial charge in [0, 0.05) is 18.2 Å². The van der Waals surface area contributed by atoms with Crippen LogP contribution in [0.25, 0.3) is 0 Å². The van der Waals surface area contributed by atoms with Gasteiger partial charge in [0.05, 0.1) is 9.95 Å². The first-order chi connectivity index (χ1) is 10.9. The number of non-ortho nitro benzene ring substituents is 1. The summed E-state index contributed by atoms with van der Waals surface area (Å²) in [6.07, 6.45) is -0.457. The van der Waals surface area contributed by atoms with Gasteiger partial charge in [-0.25, -0.2) is 0 Å². The van der Waals surface area contributed by atoms with Crippen LogP contribution in [0.2, 0.25) is 5.02 Å². The molecule has 1 atom stereocenters. The van der Waals surface area contributed by atoms with Crippen LogP contribution in [-0.2, 0) is 4.79 Å². The fourth-order valence-electron chi connectivity index (χ4n) is 1.81. The van der Waals surface area contributed by atoms with Crippen molar-refractivity contribution in [1.82, 2.24) is 5.16 Å². The first-order valence-electron chi connectivity index (χ1n) is 6.75. The van der Waals surface area contributed by atoms with E-state index in [4.69, 9.17) is 20.9 Å². The minimum atomic E-state index is -0.828. The van der Waals surface area contributed by atoms with Gasteiger partial charge in [-0.15, -0.1) is 0 Å². The number of nitro benzene ring substituents is 1. The maximum Gasteiger partial charge on any atom is 0.271 e. The highest BCUT2D eigenvalue weighted by Crippen LogP contribution is 2.29. The predicted octanol–water partition coefficient (Wildman–Crippen LogP) is 3.34. The largest absolute Gasteiger partial charge is 0.479 e. The molecule has 1 amide bonds. The molecule has 0 aliphatic heterocycles. The lowest BCUT2D eigenvalue weighted by molar-refractivity contribution is -0.384. The third kappa shape index (κ3) is 4.19. The Kier molecular flexibility index (Phi) is 5.17. The van der Waals surface area contributed by atoms with Crippen molar-refractivity contribution in [3.8, 4) is 5.75 Å². The average Bonchev–Trinajstić information content (AvgIpc) is 2.90. The fraction of sp³-hybridized carbons (Fsp3) is 0.286. The Morgan fingerprint density at radius 1 is 1.52 bits per heavy atom. The number of rotatable bonds is 6. The van der Waals surface area contributed by atoms with Crippen molar-refractivity contribution in [2.45, 2.75) is 26.4 Å². The molecule has 1 N–H and O–H groups in total. The normalized spacial score (nSPS) is 11.8. The van der Waals surface area contributed by atoms with Gasteiger partial charge in [-0.1, -0.05) is 23.7 Å². The topological polar surface area (TPSA) is 108 Å². The van der Waals surface area contributed by atoms with Gasteiger partial charge in [0.25, 0.3) is 11.6 Å². The zero-order valence-electron chi connectivity index (χ0n) is 12.4. The van der Waals surface area contributed by atoms with Crippen molar-refractivity contribution >= 4 is 29.0 Å². The van der Waals surface area contributed by atoms with Crippen LogP contribution in [0, 0.1) is 17.0 Å². The average molecular weight is 340 g/mol. The fourth-order valence-corrected chi connectivity index (χ4v) is 2.03. The maximum absolute atomic E-state index is 12.2. The molecule has 1 aromatic carbocycles. The van der Waals surface area contributed by atoms with Gasteiger partial charge in [0.1, 0.15) is 11.5 Å². The van der Waals surface area contributed by atoms with E-state index >= 15 is 0 Å². The number of aromatic nitrogens is 1. The highest BCUT2D eigenvalue weighted by atomic mass is 35.5. The minimum Gasteiger partial charge on any atom is -0.479 e. The number of benzene rings is 1. The molecule has 122 valence electrons. The van der Waals surface area contributed by atoms with Crippen molar-refractivity contribution in [2.75, 3.05) is 5.32 Å². The molecule has 0 spiro atoms. The van der Waals surface area contributed by atoms with Crippen LogP contribution in [-0.4, -0.2) is 22.1 Å². The predicted molar refractivity (Wildman–Crippen MR) is 82.7 cm³/mol. The highest BCUT2D eigenvalue weighted by molar-refractivity contribution is 6.32. The summed E-state index contributed by atoms with van der Waals surface area (Å²) in [5.41, 5.74) is -0.155. The standard InChI is InChI=1S/C14H14ClN3O5/c1-3-11(14(19)16-13-6-8(2)23-17-13)22-12-5-4-9(18(20)21)7-10(12)15/h4-7,11H,3H2,1-2H3,(H,16,17,19). The van der Waals surface area contributed by atoms with Gasteiger partial charge in [-0.05, 0) is 19.4 Å². The number of anilines is 1. The van der Waals surface area contributed by atoms with Crippen molar-refractivity contribution in [3.05, 3.63) is 45.2 Å². The molecular weight excluding hydrogens is 326 g/mol. The monoisotopic (exact) mass is 339 g/mol. The second kappa shape index (κ2) is 7.10. The van der Waals surface area contributed by atoms with Crippen LogP contribution < -0.4 is 10.1 Å². The molecule has 1 unspecified atom stereocenters. The van der Waals surface area contributed by atoms with Gasteiger partial charge < -0.3 is 14.6 Å². The Bertz CT molecular complexity index is 731. The molecule has 0 aliphatic rings. The molecule has 2 aromatic rings. The Morgan fingerprint density at radius 3 is 2.78 bits per heavy atom. The number of carbonyl (C=O) groups is 1. The number of nitro groups is 1. The quantitative estimate of drug-likeness (QED) is 0.638. The summed E-state index contributed by atoms with van der Waals surface area (Å²) in [4.78, 5) is 22.3. The molecule has 0 fully saturated rings. The van der Waals surface area contributed by atoms with Crippen molar-refractivity contribution < 1.29 is 19.0 Å². The van der Waals surface area contributed by atoms with Crippen molar-refractivity contribution in [1.29, 1.82) is 0 Å². The molecule has 23 heavy (non-hydrogen) atoms. The van der Waals surface area contributed by atoms with Crippen LogP contribution in [0.4, 0.5) is 11.5 Å². The summed E-state index contributed by atoms with van der Waals surface area (Å²) in [7, 11) is 0. The number of nitrogens with zero attached hydrogens (tertiary/aromatic N) is 2. The summed E-state index contributed by atoms with van der Waals surface area (Å²) >= 11 is 5.95. The molecule has 9 heteroatoms. The number of aryl methyl sites for hydroxylation is 1. The summed E-state index contributed by atoms with van der Waals surface area (Å²) < 4.78 is 10.4. The summed E-state index contributed by atoms with van der Waals surface area (Å²) in [6, 6.07) is 5.36. The first kappa shape index (κ1) is 16.8. The summed E-state index contributed by atoms with van der Waals surface area (Å²) in [5, 5.41) is 17.0. The van der Waals surface area contributed by atoms with Crippen LogP contribution in [0.5, 0.6) is 5.75 Å². The van der Waals surface area contributed by atoms with E-state index in [9.17, 15) is 14.9 Å². The molecule has 0 aliphatic carbocycles. The van der Waals surface area contributed by atoms with E-state index in [0.29, 0.717) is 12.2 Å². The van der Waals surface area contributed by atoms with Crippen molar-refractivity contribution in [3.63, 3.8) is 0 Å². The van der Waals surface area contributed by atoms with E-state index < -0.39 is 16.9 Å². The minimum absolute atomic E-state index is 0.0581. The number of nitrogens with one attached hydrogen (secondary N) is 1. The zero-order valence-corrected chi connectivity index (χ0v) is 13.2. The number of ether oxygens (including phenoxy) is 1. The lowest BCUT2D eigenvalue weighted by Crippen LogP contribution is -2.32. The second-order valence-electron chi connectivity index (χ2n) is 4.70. The van der Waals surface area contributed by atoms with E-state index in [2.05, 4.69) is 10.5 Å². The summed E-state index contributed by atoms with van der Waals surface area (Å²) in [5.74, 6) is 0.614. The van der Waals surface area contributed by atoms with Crippen LogP contribution in [0.15, 0.2) is 28.8 Å². The van der Waals surface area contributed by atoms with Gasteiger partial charge in [0.2, 0.25) is 0 Å². The van der Waals surface area contributed by atoms with E-state index in [1.807, 2.05) is 0 Å². The van der Waals surface area contributed by atoms with E-state index in [1.54, 1.807) is 19.9 Å². The number of hydrogen-bond acceptors (Lipinski definition) is 6. The highest BCUT2D eigenvalue weighted by Gasteiger charge is 2.21. The molecule has 0 saturated carbocycles. The number of hydrogen-bond donors (Lipinski definition) is 1. The third-order valence-corrected chi connectivity index (χ3v) is 3.23. The lowest BCUT2D eigenvalue weighted by Gasteiger charge is -2.17. The Morgan fingerprint density at radius 2 is 2.26 bits per heavy atom. The summed E-state index contributed by atoms with van der Waals surface area (Å²) in [6.45, 7) is 3.46. The van der Waals surface area contributed by atoms with E-state index in [0.717, 1.165) is 0 Å². The zero-order chi connectivity index (χ0) is 17.0. The third-order valence-electron chi connectivity index (χ3n) is 2.94. The number of amides is 1. The maximum atomic E-state index is 12.2. The van der Waals surface area contributed by atoms with Crippen LogP contribution in [0.1, 0.15) is 19.1 Å². The van der Waals surface area contributed by atoms with Gasteiger partial charge in [0.15, 0.2) is 11.9 Å². The van der Waals surface area contributed by atoms with Crippen LogP contribution in [0.3, 0.4) is 0 Å². The number of halogens is 1.